The molecule has 6 nitrogen and oxygen atoms in total. The third-order valence-corrected chi connectivity index (χ3v) is 2.85. The van der Waals surface area contributed by atoms with Crippen molar-refractivity contribution < 1.29 is 19.1 Å². The van der Waals surface area contributed by atoms with Crippen molar-refractivity contribution in [2.75, 3.05) is 0 Å². The van der Waals surface area contributed by atoms with E-state index in [9.17, 15) is 9.59 Å². The lowest BCUT2D eigenvalue weighted by Crippen LogP contribution is -2.18. The fourth-order valence-electron chi connectivity index (χ4n) is 1.88. The number of hydrogen-bond donors (Lipinski definition) is 2. The lowest BCUT2D eigenvalue weighted by Gasteiger charge is -2.00. The minimum Gasteiger partial charge on any atom is -0.478 e. The van der Waals surface area contributed by atoms with E-state index < -0.39 is 11.9 Å². The van der Waals surface area contributed by atoms with Crippen LogP contribution in [0, 0.1) is 13.8 Å². The van der Waals surface area contributed by atoms with Crippen molar-refractivity contribution in [2.45, 2.75) is 13.8 Å². The molecular formula is C15H14N2O4. The number of nitrogens with one attached hydrogen (secondary N) is 1. The van der Waals surface area contributed by atoms with Crippen molar-refractivity contribution in [2.24, 2.45) is 5.10 Å². The summed E-state index contributed by atoms with van der Waals surface area (Å²) in [6, 6.07) is 8.00. The first-order chi connectivity index (χ1) is 9.99. The summed E-state index contributed by atoms with van der Waals surface area (Å²) in [5.41, 5.74) is 3.27. The number of furan rings is 1. The highest BCUT2D eigenvalue weighted by Gasteiger charge is 2.12. The number of carboxylic acids is 1. The number of carbonyl (C=O) groups is 2. The number of aryl methyl sites for hydroxylation is 2. The molecular weight excluding hydrogens is 272 g/mol. The number of hydrazone groups is 1. The maximum absolute atomic E-state index is 11.9. The molecule has 1 amide bonds. The van der Waals surface area contributed by atoms with E-state index >= 15 is 0 Å². The normalized spacial score (nSPS) is 10.8. The lowest BCUT2D eigenvalue weighted by molar-refractivity contribution is 0.0696. The number of benzene rings is 1. The van der Waals surface area contributed by atoms with E-state index in [1.54, 1.807) is 38.1 Å². The van der Waals surface area contributed by atoms with E-state index in [0.717, 1.165) is 0 Å². The van der Waals surface area contributed by atoms with Crippen molar-refractivity contribution in [3.8, 4) is 0 Å². The van der Waals surface area contributed by atoms with Crippen LogP contribution in [-0.2, 0) is 0 Å². The average Bonchev–Trinajstić information content (AvgIpc) is 2.78. The van der Waals surface area contributed by atoms with Gasteiger partial charge in [0.1, 0.15) is 11.5 Å². The molecule has 0 radical (unpaired) electrons. The summed E-state index contributed by atoms with van der Waals surface area (Å²) in [5.74, 6) is -0.318. The average molecular weight is 286 g/mol. The van der Waals surface area contributed by atoms with Crippen LogP contribution < -0.4 is 5.43 Å². The molecule has 0 saturated carbocycles. The topological polar surface area (TPSA) is 91.9 Å². The van der Waals surface area contributed by atoms with Gasteiger partial charge >= 0.3 is 5.97 Å². The van der Waals surface area contributed by atoms with Crippen LogP contribution in [0.1, 0.15) is 37.8 Å². The van der Waals surface area contributed by atoms with Crippen LogP contribution in [0.4, 0.5) is 0 Å². The Morgan fingerprint density at radius 3 is 2.57 bits per heavy atom. The first kappa shape index (κ1) is 14.5. The number of rotatable bonds is 4. The smallest absolute Gasteiger partial charge is 0.336 e. The Morgan fingerprint density at radius 1 is 1.24 bits per heavy atom. The molecule has 1 aromatic heterocycles. The number of amides is 1. The van der Waals surface area contributed by atoms with Crippen LogP contribution in [0.15, 0.2) is 39.9 Å². The van der Waals surface area contributed by atoms with E-state index in [1.807, 2.05) is 0 Å². The van der Waals surface area contributed by atoms with Crippen molar-refractivity contribution in [1.29, 1.82) is 0 Å². The number of carboxylic acid groups (broad SMARTS) is 1. The highest BCUT2D eigenvalue weighted by atomic mass is 16.4. The molecule has 0 aliphatic carbocycles. The van der Waals surface area contributed by atoms with Crippen molar-refractivity contribution in [1.82, 2.24) is 5.43 Å². The first-order valence-electron chi connectivity index (χ1n) is 6.22. The summed E-state index contributed by atoms with van der Waals surface area (Å²) in [6.45, 7) is 3.43. The number of carbonyl (C=O) groups excluding carboxylic acids is 1. The van der Waals surface area contributed by atoms with E-state index in [4.69, 9.17) is 9.52 Å². The summed E-state index contributed by atoms with van der Waals surface area (Å²) in [7, 11) is 0. The summed E-state index contributed by atoms with van der Waals surface area (Å²) >= 11 is 0. The molecule has 6 heteroatoms. The zero-order valence-corrected chi connectivity index (χ0v) is 11.6. The zero-order chi connectivity index (χ0) is 15.4. The van der Waals surface area contributed by atoms with Crippen LogP contribution in [0.25, 0.3) is 0 Å². The van der Waals surface area contributed by atoms with E-state index in [-0.39, 0.29) is 5.56 Å². The fourth-order valence-corrected chi connectivity index (χ4v) is 1.88. The van der Waals surface area contributed by atoms with Crippen molar-refractivity contribution >= 4 is 18.1 Å². The van der Waals surface area contributed by atoms with Gasteiger partial charge in [0, 0.05) is 5.56 Å². The Labute approximate surface area is 121 Å². The molecule has 0 unspecified atom stereocenters. The van der Waals surface area contributed by atoms with E-state index in [1.165, 1.54) is 12.3 Å². The van der Waals surface area contributed by atoms with E-state index in [2.05, 4.69) is 10.5 Å². The van der Waals surface area contributed by atoms with Gasteiger partial charge in [0.15, 0.2) is 0 Å². The van der Waals surface area contributed by atoms with Gasteiger partial charge in [-0.25, -0.2) is 10.2 Å². The van der Waals surface area contributed by atoms with Gasteiger partial charge in [-0.15, -0.1) is 0 Å². The fraction of sp³-hybridized carbons (Fsp3) is 0.133. The molecule has 0 saturated heterocycles. The summed E-state index contributed by atoms with van der Waals surface area (Å²) < 4.78 is 5.26. The van der Waals surface area contributed by atoms with Crippen molar-refractivity contribution in [3.05, 3.63) is 58.5 Å². The Balaban J connectivity index is 2.11. The van der Waals surface area contributed by atoms with Gasteiger partial charge in [-0.1, -0.05) is 18.2 Å². The van der Waals surface area contributed by atoms with Gasteiger partial charge in [0.25, 0.3) is 5.91 Å². The Bertz CT molecular complexity index is 716. The molecule has 2 rings (SSSR count). The van der Waals surface area contributed by atoms with Crippen LogP contribution in [0.5, 0.6) is 0 Å². The molecule has 1 heterocycles. The molecule has 2 aromatic rings. The molecule has 0 aliphatic rings. The summed E-state index contributed by atoms with van der Waals surface area (Å²) in [5, 5.41) is 12.8. The lowest BCUT2D eigenvalue weighted by atomic mass is 10.1. The van der Waals surface area contributed by atoms with Gasteiger partial charge in [-0.3, -0.25) is 4.79 Å². The minimum absolute atomic E-state index is 0.117. The summed E-state index contributed by atoms with van der Waals surface area (Å²) in [6.07, 6.45) is 1.30. The third kappa shape index (κ3) is 3.36. The predicted octanol–water partition coefficient (Wildman–Crippen LogP) is 2.36. The van der Waals surface area contributed by atoms with Gasteiger partial charge < -0.3 is 9.52 Å². The largest absolute Gasteiger partial charge is 0.478 e. The molecule has 0 aliphatic heterocycles. The number of nitrogens with zero attached hydrogens (tertiary/aromatic N) is 1. The summed E-state index contributed by atoms with van der Waals surface area (Å²) in [4.78, 5) is 22.9. The first-order valence-corrected chi connectivity index (χ1v) is 6.22. The van der Waals surface area contributed by atoms with Crippen LogP contribution in [0.3, 0.4) is 0 Å². The monoisotopic (exact) mass is 286 g/mol. The molecule has 108 valence electrons. The van der Waals surface area contributed by atoms with Gasteiger partial charge in [0.05, 0.1) is 17.3 Å². The highest BCUT2D eigenvalue weighted by Crippen LogP contribution is 2.13. The molecule has 0 atom stereocenters. The predicted molar refractivity (Wildman–Crippen MR) is 76.6 cm³/mol. The molecule has 0 spiro atoms. The van der Waals surface area contributed by atoms with Gasteiger partial charge in [-0.05, 0) is 26.0 Å². The minimum atomic E-state index is -1.05. The molecule has 0 bridgehead atoms. The maximum atomic E-state index is 11.9. The van der Waals surface area contributed by atoms with Gasteiger partial charge in [0.2, 0.25) is 0 Å². The SMILES string of the molecule is Cc1cc(C(=O)NN=Cc2ccccc2C(=O)O)c(C)o1. The quantitative estimate of drug-likeness (QED) is 0.666. The zero-order valence-electron chi connectivity index (χ0n) is 11.6. The molecule has 21 heavy (non-hydrogen) atoms. The number of hydrogen-bond acceptors (Lipinski definition) is 4. The molecule has 1 aromatic carbocycles. The standard InChI is InChI=1S/C15H14N2O4/c1-9-7-13(10(2)21-9)14(18)17-16-8-11-5-3-4-6-12(11)15(19)20/h3-8H,1-2H3,(H,17,18)(H,19,20). The van der Waals surface area contributed by atoms with Crippen LogP contribution >= 0.6 is 0 Å². The number of aromatic carboxylic acids is 1. The second kappa shape index (κ2) is 6.04. The Hall–Kier alpha value is -2.89. The molecule has 2 N–H and O–H groups in total. The van der Waals surface area contributed by atoms with Crippen LogP contribution in [0.2, 0.25) is 0 Å². The molecule has 0 fully saturated rings. The van der Waals surface area contributed by atoms with Crippen LogP contribution in [-0.4, -0.2) is 23.2 Å². The van der Waals surface area contributed by atoms with Crippen molar-refractivity contribution in [3.63, 3.8) is 0 Å². The maximum Gasteiger partial charge on any atom is 0.336 e. The van der Waals surface area contributed by atoms with E-state index in [0.29, 0.717) is 22.6 Å². The second-order valence-electron chi connectivity index (χ2n) is 4.42. The van der Waals surface area contributed by atoms with Gasteiger partial charge in [-0.2, -0.15) is 5.10 Å². The highest BCUT2D eigenvalue weighted by molar-refractivity contribution is 5.99. The Morgan fingerprint density at radius 2 is 1.95 bits per heavy atom. The Kier molecular flexibility index (Phi) is 4.18. The second-order valence-corrected chi connectivity index (χ2v) is 4.42. The third-order valence-electron chi connectivity index (χ3n) is 2.85.